The Morgan fingerprint density at radius 1 is 1.05 bits per heavy atom. The topological polar surface area (TPSA) is 41.9 Å². The van der Waals surface area contributed by atoms with E-state index in [9.17, 15) is 5.11 Å². The number of nitrogens with zero attached hydrogens (tertiary/aromatic N) is 1. The summed E-state index contributed by atoms with van der Waals surface area (Å²) in [6.45, 7) is 6.00. The quantitative estimate of drug-likeness (QED) is 0.784. The van der Waals surface area contributed by atoms with Crippen LogP contribution in [0.15, 0.2) is 0 Å². The third-order valence-corrected chi connectivity index (χ3v) is 5.27. The van der Waals surface area contributed by atoms with Crippen molar-refractivity contribution in [3.8, 4) is 0 Å². The first-order chi connectivity index (χ1) is 10.1. The van der Waals surface area contributed by atoms with Crippen LogP contribution in [-0.4, -0.2) is 62.2 Å². The Balaban J connectivity index is 1.63. The number of hydrogen-bond donors (Lipinski definition) is 1. The minimum absolute atomic E-state index is 0.0523. The summed E-state index contributed by atoms with van der Waals surface area (Å²) in [6.07, 6.45) is 9.45. The lowest BCUT2D eigenvalue weighted by Gasteiger charge is -2.44. The molecular weight excluding hydrogens is 266 g/mol. The van der Waals surface area contributed by atoms with Crippen LogP contribution >= 0.6 is 0 Å². The number of hydrogen-bond acceptors (Lipinski definition) is 4. The van der Waals surface area contributed by atoms with E-state index in [1.165, 1.54) is 44.9 Å². The normalized spacial score (nSPS) is 25.9. The molecule has 4 nitrogen and oxygen atoms in total. The first kappa shape index (κ1) is 17.2. The van der Waals surface area contributed by atoms with Crippen molar-refractivity contribution >= 4 is 0 Å². The molecule has 2 aliphatic rings. The summed E-state index contributed by atoms with van der Waals surface area (Å²) in [4.78, 5) is 2.41. The van der Waals surface area contributed by atoms with Gasteiger partial charge in [0.05, 0.1) is 25.4 Å². The van der Waals surface area contributed by atoms with Crippen LogP contribution < -0.4 is 0 Å². The van der Waals surface area contributed by atoms with Crippen LogP contribution in [0.1, 0.15) is 51.9 Å². The number of aliphatic hydroxyl groups excluding tert-OH is 1. The molecule has 0 bridgehead atoms. The highest BCUT2D eigenvalue weighted by Gasteiger charge is 2.35. The maximum Gasteiger partial charge on any atom is 0.0900 e. The molecule has 4 heteroatoms. The highest BCUT2D eigenvalue weighted by molar-refractivity contribution is 4.88. The van der Waals surface area contributed by atoms with Crippen molar-refractivity contribution in [2.75, 3.05) is 40.0 Å². The fourth-order valence-corrected chi connectivity index (χ4v) is 3.92. The van der Waals surface area contributed by atoms with E-state index in [0.29, 0.717) is 18.6 Å². The van der Waals surface area contributed by atoms with Gasteiger partial charge in [-0.25, -0.2) is 0 Å². The highest BCUT2D eigenvalue weighted by Crippen LogP contribution is 2.44. The van der Waals surface area contributed by atoms with Gasteiger partial charge in [0.1, 0.15) is 0 Å². The molecule has 21 heavy (non-hydrogen) atoms. The monoisotopic (exact) mass is 299 g/mol. The van der Waals surface area contributed by atoms with Gasteiger partial charge in [0.2, 0.25) is 0 Å². The van der Waals surface area contributed by atoms with Crippen LogP contribution in [0.3, 0.4) is 0 Å². The van der Waals surface area contributed by atoms with Gasteiger partial charge in [0.25, 0.3) is 0 Å². The van der Waals surface area contributed by atoms with Crippen molar-refractivity contribution in [2.24, 2.45) is 5.41 Å². The zero-order valence-electron chi connectivity index (χ0n) is 13.9. The van der Waals surface area contributed by atoms with Gasteiger partial charge in [0, 0.05) is 13.7 Å². The van der Waals surface area contributed by atoms with E-state index >= 15 is 0 Å². The number of likely N-dealkylation sites (tertiary alicyclic amines) is 1. The van der Waals surface area contributed by atoms with Gasteiger partial charge in [0.15, 0.2) is 0 Å². The molecule has 1 aliphatic carbocycles. The minimum atomic E-state index is -0.385. The van der Waals surface area contributed by atoms with Crippen LogP contribution in [0.25, 0.3) is 0 Å². The molecule has 0 radical (unpaired) electrons. The highest BCUT2D eigenvalue weighted by atomic mass is 16.5. The van der Waals surface area contributed by atoms with E-state index < -0.39 is 0 Å². The van der Waals surface area contributed by atoms with E-state index in [4.69, 9.17) is 9.47 Å². The molecule has 2 unspecified atom stereocenters. The smallest absolute Gasteiger partial charge is 0.0900 e. The largest absolute Gasteiger partial charge is 0.389 e. The lowest BCUT2D eigenvalue weighted by atomic mass is 9.68. The second-order valence-electron chi connectivity index (χ2n) is 7.11. The van der Waals surface area contributed by atoms with Gasteiger partial charge in [-0.05, 0) is 51.1 Å². The van der Waals surface area contributed by atoms with E-state index in [1.807, 2.05) is 6.92 Å². The molecule has 2 atom stereocenters. The summed E-state index contributed by atoms with van der Waals surface area (Å²) in [5, 5.41) is 10.1. The SMILES string of the molecule is COCC(C)OCC(O)CN1CCC2(CCCCC2)CC1. The first-order valence-corrected chi connectivity index (χ1v) is 8.64. The molecule has 1 heterocycles. The van der Waals surface area contributed by atoms with Crippen LogP contribution in [0.5, 0.6) is 0 Å². The second-order valence-corrected chi connectivity index (χ2v) is 7.11. The Hall–Kier alpha value is -0.160. The summed E-state index contributed by atoms with van der Waals surface area (Å²) >= 11 is 0. The molecule has 1 spiro atoms. The van der Waals surface area contributed by atoms with Crippen molar-refractivity contribution in [1.82, 2.24) is 4.90 Å². The summed E-state index contributed by atoms with van der Waals surface area (Å²) < 4.78 is 10.6. The number of rotatable bonds is 7. The molecule has 1 aliphatic heterocycles. The zero-order valence-corrected chi connectivity index (χ0v) is 13.9. The molecule has 1 saturated carbocycles. The Kier molecular flexibility index (Phi) is 6.93. The number of piperidine rings is 1. The molecule has 0 aromatic carbocycles. The summed E-state index contributed by atoms with van der Waals surface area (Å²) in [6, 6.07) is 0. The van der Waals surface area contributed by atoms with Crippen molar-refractivity contribution in [3.05, 3.63) is 0 Å². The molecular formula is C17H33NO3. The summed E-state index contributed by atoms with van der Waals surface area (Å²) in [5.74, 6) is 0. The zero-order chi connectivity index (χ0) is 15.1. The maximum atomic E-state index is 10.1. The van der Waals surface area contributed by atoms with Crippen LogP contribution in [0, 0.1) is 5.41 Å². The molecule has 2 fully saturated rings. The molecule has 1 N–H and O–H groups in total. The molecule has 1 saturated heterocycles. The number of ether oxygens (including phenoxy) is 2. The molecule has 2 rings (SSSR count). The molecule has 124 valence electrons. The standard InChI is InChI=1S/C17H33NO3/c1-15(13-20-2)21-14-16(19)12-18-10-8-17(9-11-18)6-4-3-5-7-17/h15-16,19H,3-14H2,1-2H3. The van der Waals surface area contributed by atoms with Gasteiger partial charge in [-0.1, -0.05) is 19.3 Å². The molecule has 0 amide bonds. The Bertz CT molecular complexity index is 282. The predicted octanol–water partition coefficient (Wildman–Crippen LogP) is 2.45. The molecule has 0 aromatic heterocycles. The van der Waals surface area contributed by atoms with Crippen LogP contribution in [0.2, 0.25) is 0 Å². The third kappa shape index (κ3) is 5.51. The maximum absolute atomic E-state index is 10.1. The van der Waals surface area contributed by atoms with E-state index in [0.717, 1.165) is 19.6 Å². The minimum Gasteiger partial charge on any atom is -0.389 e. The van der Waals surface area contributed by atoms with E-state index in [1.54, 1.807) is 7.11 Å². The second kappa shape index (κ2) is 8.47. The number of aliphatic hydroxyl groups is 1. The fraction of sp³-hybridized carbons (Fsp3) is 1.00. The lowest BCUT2D eigenvalue weighted by molar-refractivity contribution is -0.0453. The van der Waals surface area contributed by atoms with E-state index in [-0.39, 0.29) is 12.2 Å². The number of methoxy groups -OCH3 is 1. The third-order valence-electron chi connectivity index (χ3n) is 5.27. The van der Waals surface area contributed by atoms with Gasteiger partial charge < -0.3 is 19.5 Å². The van der Waals surface area contributed by atoms with Gasteiger partial charge in [-0.2, -0.15) is 0 Å². The predicted molar refractivity (Wildman–Crippen MR) is 84.5 cm³/mol. The number of β-amino-alcohol motifs (C(OH)–C–C–N with tert-alkyl or cyclic N) is 1. The van der Waals surface area contributed by atoms with Crippen molar-refractivity contribution in [2.45, 2.75) is 64.1 Å². The summed E-state index contributed by atoms with van der Waals surface area (Å²) in [5.41, 5.74) is 0.642. The van der Waals surface area contributed by atoms with Gasteiger partial charge in [-0.3, -0.25) is 0 Å². The Labute approximate surface area is 129 Å². The van der Waals surface area contributed by atoms with Crippen molar-refractivity contribution in [3.63, 3.8) is 0 Å². The van der Waals surface area contributed by atoms with Crippen molar-refractivity contribution in [1.29, 1.82) is 0 Å². The molecule has 0 aromatic rings. The Morgan fingerprint density at radius 2 is 1.71 bits per heavy atom. The Morgan fingerprint density at radius 3 is 2.33 bits per heavy atom. The lowest BCUT2D eigenvalue weighted by Crippen LogP contribution is -2.44. The van der Waals surface area contributed by atoms with Crippen molar-refractivity contribution < 1.29 is 14.6 Å². The van der Waals surface area contributed by atoms with Gasteiger partial charge in [-0.15, -0.1) is 0 Å². The van der Waals surface area contributed by atoms with Crippen LogP contribution in [-0.2, 0) is 9.47 Å². The van der Waals surface area contributed by atoms with E-state index in [2.05, 4.69) is 4.90 Å². The fourth-order valence-electron chi connectivity index (χ4n) is 3.92. The average Bonchev–Trinajstić information content (AvgIpc) is 2.49. The van der Waals surface area contributed by atoms with Crippen LogP contribution in [0.4, 0.5) is 0 Å². The van der Waals surface area contributed by atoms with Gasteiger partial charge >= 0.3 is 0 Å². The summed E-state index contributed by atoms with van der Waals surface area (Å²) in [7, 11) is 1.67. The first-order valence-electron chi connectivity index (χ1n) is 8.64. The average molecular weight is 299 g/mol.